The van der Waals surface area contributed by atoms with E-state index in [-0.39, 0.29) is 25.7 Å². The molecule has 0 aromatic carbocycles. The molecule has 9 heteroatoms. The van der Waals surface area contributed by atoms with Gasteiger partial charge in [0.2, 0.25) is 0 Å². The molecule has 0 aromatic rings. The number of imide groups is 1. The number of aliphatic hydroxyl groups excluding tert-OH is 1. The highest BCUT2D eigenvalue weighted by molar-refractivity contribution is 6.03. The van der Waals surface area contributed by atoms with Crippen LogP contribution in [-0.2, 0) is 28.5 Å². The van der Waals surface area contributed by atoms with Gasteiger partial charge < -0.3 is 24.1 Å². The van der Waals surface area contributed by atoms with Gasteiger partial charge in [-0.25, -0.2) is 9.69 Å². The Morgan fingerprint density at radius 2 is 2.11 bits per heavy atom. The summed E-state index contributed by atoms with van der Waals surface area (Å²) in [5, 5.41) is 8.68. The van der Waals surface area contributed by atoms with E-state index in [1.54, 1.807) is 6.08 Å². The zero-order valence-corrected chi connectivity index (χ0v) is 16.3. The first-order valence-corrected chi connectivity index (χ1v) is 9.20. The highest BCUT2D eigenvalue weighted by atomic mass is 16.6. The Bertz CT molecular complexity index is 642. The fraction of sp³-hybridized carbons (Fsp3) is 0.632. The molecule has 1 saturated heterocycles. The summed E-state index contributed by atoms with van der Waals surface area (Å²) in [6.45, 7) is 4.42. The molecule has 2 rings (SSSR count). The van der Waals surface area contributed by atoms with Crippen LogP contribution in [0.3, 0.4) is 0 Å². The van der Waals surface area contributed by atoms with E-state index >= 15 is 0 Å². The highest BCUT2D eigenvalue weighted by Gasteiger charge is 2.47. The highest BCUT2D eigenvalue weighted by Crippen LogP contribution is 2.25. The van der Waals surface area contributed by atoms with Gasteiger partial charge in [0.1, 0.15) is 12.4 Å². The second-order valence-electron chi connectivity index (χ2n) is 6.76. The van der Waals surface area contributed by atoms with Crippen LogP contribution in [0.25, 0.3) is 0 Å². The van der Waals surface area contributed by atoms with Gasteiger partial charge in [-0.3, -0.25) is 9.59 Å². The van der Waals surface area contributed by atoms with Crippen LogP contribution >= 0.6 is 0 Å². The lowest BCUT2D eigenvalue weighted by atomic mass is 10.0. The number of amides is 2. The minimum absolute atomic E-state index is 0.00912. The summed E-state index contributed by atoms with van der Waals surface area (Å²) in [5.41, 5.74) is 0. The standard InChI is InChI=1S/C19H27NO8/c1-12(2)14-11-27-19(24)20(14)18(23)17(25-3)16-15(22)7-6-13(28-16)5-4-9-26-10-8-21/h5-7,12,14,16-17,21H,4,8-11H2,1-3H3/t14-,16-,17+/m0/s1. The minimum Gasteiger partial charge on any atom is -0.479 e. The maximum Gasteiger partial charge on any atom is 0.417 e. The van der Waals surface area contributed by atoms with Crippen LogP contribution in [0.5, 0.6) is 0 Å². The van der Waals surface area contributed by atoms with Crippen LogP contribution in [0, 0.1) is 5.92 Å². The van der Waals surface area contributed by atoms with Crippen molar-refractivity contribution in [1.29, 1.82) is 0 Å². The van der Waals surface area contributed by atoms with Crippen molar-refractivity contribution in [2.24, 2.45) is 5.92 Å². The topological polar surface area (TPSA) is 112 Å². The average molecular weight is 397 g/mol. The quantitative estimate of drug-likeness (QED) is 0.569. The van der Waals surface area contributed by atoms with Gasteiger partial charge in [0.15, 0.2) is 18.0 Å². The van der Waals surface area contributed by atoms with Crippen molar-refractivity contribution in [3.8, 4) is 0 Å². The molecule has 0 unspecified atom stereocenters. The molecule has 2 aliphatic heterocycles. The summed E-state index contributed by atoms with van der Waals surface area (Å²) in [6.07, 6.45) is 1.80. The average Bonchev–Trinajstić information content (AvgIpc) is 3.06. The number of nitrogens with zero attached hydrogens (tertiary/aromatic N) is 1. The molecule has 0 saturated carbocycles. The van der Waals surface area contributed by atoms with Gasteiger partial charge >= 0.3 is 6.09 Å². The number of cyclic esters (lactones) is 1. The van der Waals surface area contributed by atoms with Crippen molar-refractivity contribution in [3.63, 3.8) is 0 Å². The van der Waals surface area contributed by atoms with Gasteiger partial charge in [-0.05, 0) is 30.6 Å². The molecule has 1 N–H and O–H groups in total. The van der Waals surface area contributed by atoms with Crippen molar-refractivity contribution in [3.05, 3.63) is 24.0 Å². The number of rotatable bonds is 9. The van der Waals surface area contributed by atoms with Crippen LogP contribution in [0.15, 0.2) is 24.0 Å². The number of aliphatic hydroxyl groups is 1. The van der Waals surface area contributed by atoms with E-state index < -0.39 is 36.0 Å². The second-order valence-corrected chi connectivity index (χ2v) is 6.76. The summed E-state index contributed by atoms with van der Waals surface area (Å²) in [4.78, 5) is 38.3. The number of hydrogen-bond acceptors (Lipinski definition) is 8. The summed E-state index contributed by atoms with van der Waals surface area (Å²) >= 11 is 0. The number of ketones is 1. The first-order valence-electron chi connectivity index (χ1n) is 9.20. The molecule has 2 amide bonds. The van der Waals surface area contributed by atoms with Crippen molar-refractivity contribution in [1.82, 2.24) is 4.90 Å². The monoisotopic (exact) mass is 397 g/mol. The van der Waals surface area contributed by atoms with E-state index in [1.807, 2.05) is 13.8 Å². The Morgan fingerprint density at radius 1 is 1.36 bits per heavy atom. The third-order valence-electron chi connectivity index (χ3n) is 4.48. The molecule has 2 heterocycles. The molecule has 0 aromatic heterocycles. The Hall–Kier alpha value is -2.23. The molecule has 3 atom stereocenters. The third-order valence-corrected chi connectivity index (χ3v) is 4.48. The van der Waals surface area contributed by atoms with E-state index in [9.17, 15) is 14.4 Å². The number of carbonyl (C=O) groups is 3. The lowest BCUT2D eigenvalue weighted by Crippen LogP contribution is -2.53. The van der Waals surface area contributed by atoms with E-state index in [4.69, 9.17) is 24.1 Å². The van der Waals surface area contributed by atoms with E-state index in [0.29, 0.717) is 18.8 Å². The Morgan fingerprint density at radius 3 is 2.75 bits per heavy atom. The maximum absolute atomic E-state index is 13.0. The minimum atomic E-state index is -1.28. The smallest absolute Gasteiger partial charge is 0.417 e. The molecule has 2 aliphatic rings. The zero-order valence-electron chi connectivity index (χ0n) is 16.3. The van der Waals surface area contributed by atoms with E-state index in [0.717, 1.165) is 4.90 Å². The van der Waals surface area contributed by atoms with Crippen molar-refractivity contribution >= 4 is 17.8 Å². The second kappa shape index (κ2) is 10.4. The molecule has 156 valence electrons. The van der Waals surface area contributed by atoms with Gasteiger partial charge in [0.25, 0.3) is 5.91 Å². The number of carbonyl (C=O) groups excluding carboxylic acids is 3. The molecule has 0 radical (unpaired) electrons. The zero-order chi connectivity index (χ0) is 20.7. The SMILES string of the molecule is CO[C@@H](C(=O)N1C(=O)OC[C@H]1C(C)C)[C@H]1OC(=CCCOCCO)C=CC1=O. The van der Waals surface area contributed by atoms with E-state index in [1.165, 1.54) is 19.3 Å². The Balaban J connectivity index is 2.10. The van der Waals surface area contributed by atoms with Crippen LogP contribution in [0.2, 0.25) is 0 Å². The molecule has 0 spiro atoms. The van der Waals surface area contributed by atoms with Gasteiger partial charge in [-0.15, -0.1) is 0 Å². The maximum atomic E-state index is 13.0. The summed E-state index contributed by atoms with van der Waals surface area (Å²) in [6, 6.07) is -0.425. The van der Waals surface area contributed by atoms with Crippen molar-refractivity contribution < 1.29 is 38.4 Å². The first kappa shape index (κ1) is 22.1. The fourth-order valence-electron chi connectivity index (χ4n) is 2.95. The lowest BCUT2D eigenvalue weighted by molar-refractivity contribution is -0.154. The first-order chi connectivity index (χ1) is 13.4. The molecule has 0 aliphatic carbocycles. The van der Waals surface area contributed by atoms with Crippen molar-refractivity contribution in [2.45, 2.75) is 38.5 Å². The molecule has 9 nitrogen and oxygen atoms in total. The molecular formula is C19H27NO8. The summed E-state index contributed by atoms with van der Waals surface area (Å²) in [5.74, 6) is -0.702. The predicted molar refractivity (Wildman–Crippen MR) is 97.2 cm³/mol. The Labute approximate surface area is 163 Å². The van der Waals surface area contributed by atoms with Crippen LogP contribution in [0.4, 0.5) is 4.79 Å². The number of hydrogen-bond donors (Lipinski definition) is 1. The Kier molecular flexibility index (Phi) is 8.16. The van der Waals surface area contributed by atoms with Crippen LogP contribution < -0.4 is 0 Å². The lowest BCUT2D eigenvalue weighted by Gasteiger charge is -2.31. The predicted octanol–water partition coefficient (Wildman–Crippen LogP) is 0.812. The van der Waals surface area contributed by atoms with Gasteiger partial charge in [-0.2, -0.15) is 0 Å². The number of ether oxygens (including phenoxy) is 4. The summed E-state index contributed by atoms with van der Waals surface area (Å²) < 4.78 is 21.1. The molecule has 1 fully saturated rings. The third kappa shape index (κ3) is 5.18. The van der Waals surface area contributed by atoms with E-state index in [2.05, 4.69) is 0 Å². The van der Waals surface area contributed by atoms with Crippen molar-refractivity contribution in [2.75, 3.05) is 33.5 Å². The fourth-order valence-corrected chi connectivity index (χ4v) is 2.95. The number of allylic oxidation sites excluding steroid dienone is 1. The normalized spacial score (nSPS) is 24.6. The summed E-state index contributed by atoms with van der Waals surface area (Å²) in [7, 11) is 1.29. The van der Waals surface area contributed by atoms with Crippen LogP contribution in [0.1, 0.15) is 20.3 Å². The molecule has 28 heavy (non-hydrogen) atoms. The van der Waals surface area contributed by atoms with Gasteiger partial charge in [0, 0.05) is 7.11 Å². The largest absolute Gasteiger partial charge is 0.479 e. The van der Waals surface area contributed by atoms with Gasteiger partial charge in [0.05, 0.1) is 25.9 Å². The molecular weight excluding hydrogens is 370 g/mol. The van der Waals surface area contributed by atoms with Gasteiger partial charge in [-0.1, -0.05) is 13.8 Å². The van der Waals surface area contributed by atoms with Crippen LogP contribution in [-0.4, -0.2) is 79.6 Å². The number of methoxy groups -OCH3 is 1. The molecule has 0 bridgehead atoms.